The fourth-order valence-corrected chi connectivity index (χ4v) is 3.06. The topological polar surface area (TPSA) is 36.4 Å². The largest absolute Gasteiger partial charge is 0.352 e. The van der Waals surface area contributed by atoms with Crippen LogP contribution in [-0.2, 0) is 13.1 Å². The highest BCUT2D eigenvalue weighted by atomic mass is 32.1. The number of aryl methyl sites for hydroxylation is 1. The summed E-state index contributed by atoms with van der Waals surface area (Å²) in [5.74, 6) is 0.842. The summed E-state index contributed by atoms with van der Waals surface area (Å²) in [7, 11) is 1.80. The van der Waals surface area contributed by atoms with E-state index in [1.165, 1.54) is 16.0 Å². The fourth-order valence-electron chi connectivity index (χ4n) is 1.55. The summed E-state index contributed by atoms with van der Waals surface area (Å²) in [4.78, 5) is 5.57. The predicted molar refractivity (Wildman–Crippen MR) is 80.4 cm³/mol. The summed E-state index contributed by atoms with van der Waals surface area (Å²) < 4.78 is 0. The Morgan fingerprint density at radius 1 is 1.22 bits per heavy atom. The molecule has 3 nitrogen and oxygen atoms in total. The number of hydrogen-bond donors (Lipinski definition) is 2. The van der Waals surface area contributed by atoms with Crippen molar-refractivity contribution in [2.45, 2.75) is 20.0 Å². The molecule has 0 bridgehead atoms. The van der Waals surface area contributed by atoms with E-state index in [9.17, 15) is 0 Å². The first-order chi connectivity index (χ1) is 8.79. The van der Waals surface area contributed by atoms with Gasteiger partial charge in [0.2, 0.25) is 0 Å². The van der Waals surface area contributed by atoms with Gasteiger partial charge in [-0.1, -0.05) is 0 Å². The molecule has 0 fully saturated rings. The maximum Gasteiger partial charge on any atom is 0.191 e. The Kier molecular flexibility index (Phi) is 4.78. The maximum atomic E-state index is 4.22. The zero-order valence-corrected chi connectivity index (χ0v) is 12.2. The Labute approximate surface area is 116 Å². The number of rotatable bonds is 4. The van der Waals surface area contributed by atoms with E-state index in [1.54, 1.807) is 29.7 Å². The summed E-state index contributed by atoms with van der Waals surface area (Å²) in [5, 5.41) is 13.0. The van der Waals surface area contributed by atoms with Crippen LogP contribution in [0.5, 0.6) is 0 Å². The molecule has 0 aliphatic rings. The average Bonchev–Trinajstić information content (AvgIpc) is 3.01. The number of nitrogens with zero attached hydrogens (tertiary/aromatic N) is 1. The quantitative estimate of drug-likeness (QED) is 0.667. The van der Waals surface area contributed by atoms with Gasteiger partial charge in [0.1, 0.15) is 0 Å². The minimum Gasteiger partial charge on any atom is -0.352 e. The number of guanidine groups is 1. The molecule has 18 heavy (non-hydrogen) atoms. The third-order valence-electron chi connectivity index (χ3n) is 2.65. The van der Waals surface area contributed by atoms with Crippen LogP contribution in [0.2, 0.25) is 0 Å². The van der Waals surface area contributed by atoms with Gasteiger partial charge in [-0.2, -0.15) is 11.3 Å². The lowest BCUT2D eigenvalue weighted by Crippen LogP contribution is -2.36. The molecule has 2 rings (SSSR count). The highest BCUT2D eigenvalue weighted by Crippen LogP contribution is 2.14. The van der Waals surface area contributed by atoms with Crippen LogP contribution in [0, 0.1) is 6.92 Å². The molecule has 0 aliphatic heterocycles. The normalized spacial score (nSPS) is 11.6. The van der Waals surface area contributed by atoms with Crippen molar-refractivity contribution in [1.29, 1.82) is 0 Å². The van der Waals surface area contributed by atoms with Gasteiger partial charge in [0.05, 0.1) is 6.54 Å². The molecule has 0 aliphatic carbocycles. The Morgan fingerprint density at radius 3 is 2.67 bits per heavy atom. The minimum absolute atomic E-state index is 0.812. The molecular weight excluding hydrogens is 262 g/mol. The van der Waals surface area contributed by atoms with Crippen molar-refractivity contribution in [2.24, 2.45) is 4.99 Å². The van der Waals surface area contributed by atoms with Crippen molar-refractivity contribution in [3.8, 4) is 0 Å². The van der Waals surface area contributed by atoms with E-state index in [0.29, 0.717) is 0 Å². The second kappa shape index (κ2) is 6.56. The Balaban J connectivity index is 1.81. The first-order valence-corrected chi connectivity index (χ1v) is 7.60. The fraction of sp³-hybridized carbons (Fsp3) is 0.308. The van der Waals surface area contributed by atoms with Gasteiger partial charge in [-0.3, -0.25) is 4.99 Å². The van der Waals surface area contributed by atoms with E-state index in [1.807, 2.05) is 0 Å². The SMILES string of the molecule is CN=C(NCc1ccsc1)NCc1sccc1C. The molecule has 0 amide bonds. The Hall–Kier alpha value is -1.33. The monoisotopic (exact) mass is 279 g/mol. The highest BCUT2D eigenvalue weighted by Gasteiger charge is 2.02. The van der Waals surface area contributed by atoms with E-state index in [4.69, 9.17) is 0 Å². The summed E-state index contributed by atoms with van der Waals surface area (Å²) in [6, 6.07) is 4.26. The lowest BCUT2D eigenvalue weighted by atomic mass is 10.3. The lowest BCUT2D eigenvalue weighted by molar-refractivity contribution is 0.815. The summed E-state index contributed by atoms with van der Waals surface area (Å²) >= 11 is 3.49. The third-order valence-corrected chi connectivity index (χ3v) is 4.40. The summed E-state index contributed by atoms with van der Waals surface area (Å²) in [6.07, 6.45) is 0. The van der Waals surface area contributed by atoms with Gasteiger partial charge in [0.25, 0.3) is 0 Å². The molecule has 0 radical (unpaired) electrons. The van der Waals surface area contributed by atoms with Crippen LogP contribution in [0.15, 0.2) is 33.3 Å². The molecule has 0 atom stereocenters. The third kappa shape index (κ3) is 3.58. The van der Waals surface area contributed by atoms with Crippen molar-refractivity contribution in [1.82, 2.24) is 10.6 Å². The van der Waals surface area contributed by atoms with E-state index >= 15 is 0 Å². The van der Waals surface area contributed by atoms with Crippen molar-refractivity contribution >= 4 is 28.6 Å². The van der Waals surface area contributed by atoms with Crippen molar-refractivity contribution in [2.75, 3.05) is 7.05 Å². The summed E-state index contributed by atoms with van der Waals surface area (Å²) in [6.45, 7) is 3.77. The average molecular weight is 279 g/mol. The second-order valence-corrected chi connectivity index (χ2v) is 5.72. The Morgan fingerprint density at radius 2 is 2.06 bits per heavy atom. The molecule has 0 unspecified atom stereocenters. The minimum atomic E-state index is 0.812. The van der Waals surface area contributed by atoms with Crippen LogP contribution in [0.4, 0.5) is 0 Å². The number of hydrogen-bond acceptors (Lipinski definition) is 3. The first-order valence-electron chi connectivity index (χ1n) is 5.78. The smallest absolute Gasteiger partial charge is 0.191 e. The van der Waals surface area contributed by atoms with Crippen LogP contribution >= 0.6 is 22.7 Å². The van der Waals surface area contributed by atoms with Crippen LogP contribution in [0.25, 0.3) is 0 Å². The van der Waals surface area contributed by atoms with Crippen molar-refractivity contribution in [3.63, 3.8) is 0 Å². The lowest BCUT2D eigenvalue weighted by Gasteiger charge is -2.10. The van der Waals surface area contributed by atoms with E-state index in [0.717, 1.165) is 19.0 Å². The van der Waals surface area contributed by atoms with E-state index in [-0.39, 0.29) is 0 Å². The van der Waals surface area contributed by atoms with Gasteiger partial charge in [0, 0.05) is 18.5 Å². The summed E-state index contributed by atoms with van der Waals surface area (Å²) in [5.41, 5.74) is 2.62. The number of nitrogens with one attached hydrogen (secondary N) is 2. The van der Waals surface area contributed by atoms with Crippen LogP contribution < -0.4 is 10.6 Å². The molecule has 2 aromatic rings. The molecular formula is C13H17N3S2. The van der Waals surface area contributed by atoms with E-state index < -0.39 is 0 Å². The zero-order valence-electron chi connectivity index (χ0n) is 10.6. The molecule has 0 spiro atoms. The second-order valence-electron chi connectivity index (χ2n) is 3.94. The molecule has 2 aromatic heterocycles. The van der Waals surface area contributed by atoms with Crippen LogP contribution in [0.3, 0.4) is 0 Å². The van der Waals surface area contributed by atoms with Gasteiger partial charge in [-0.25, -0.2) is 0 Å². The maximum absolute atomic E-state index is 4.22. The first kappa shape index (κ1) is 13.1. The molecule has 0 saturated heterocycles. The van der Waals surface area contributed by atoms with Gasteiger partial charge in [-0.15, -0.1) is 11.3 Å². The van der Waals surface area contributed by atoms with Crippen LogP contribution in [0.1, 0.15) is 16.0 Å². The molecule has 0 saturated carbocycles. The molecule has 96 valence electrons. The standard InChI is InChI=1S/C13H17N3S2/c1-10-3-6-18-12(10)8-16-13(14-2)15-7-11-4-5-17-9-11/h3-6,9H,7-8H2,1-2H3,(H2,14,15,16). The van der Waals surface area contributed by atoms with Gasteiger partial charge in [-0.05, 0) is 46.3 Å². The zero-order chi connectivity index (χ0) is 12.8. The molecule has 0 aromatic carbocycles. The van der Waals surface area contributed by atoms with Crippen molar-refractivity contribution in [3.05, 3.63) is 44.3 Å². The Bertz CT molecular complexity index is 500. The molecule has 2 heterocycles. The van der Waals surface area contributed by atoms with Gasteiger partial charge >= 0.3 is 0 Å². The van der Waals surface area contributed by atoms with Crippen LogP contribution in [-0.4, -0.2) is 13.0 Å². The van der Waals surface area contributed by atoms with Gasteiger partial charge in [0.15, 0.2) is 5.96 Å². The van der Waals surface area contributed by atoms with Crippen molar-refractivity contribution < 1.29 is 0 Å². The molecule has 2 N–H and O–H groups in total. The molecule has 5 heteroatoms. The predicted octanol–water partition coefficient (Wildman–Crippen LogP) is 2.98. The highest BCUT2D eigenvalue weighted by molar-refractivity contribution is 7.10. The van der Waals surface area contributed by atoms with Gasteiger partial charge < -0.3 is 10.6 Å². The van der Waals surface area contributed by atoms with E-state index in [2.05, 4.69) is 50.8 Å². The number of thiophene rings is 2. The number of aliphatic imine (C=N–C) groups is 1.